The Morgan fingerprint density at radius 3 is 1.86 bits per heavy atom. The van der Waals surface area contributed by atoms with E-state index in [2.05, 4.69) is 20.9 Å². The number of aliphatic imine (C=N–C) groups is 1. The summed E-state index contributed by atoms with van der Waals surface area (Å²) in [6.07, 6.45) is 2.05. The summed E-state index contributed by atoms with van der Waals surface area (Å²) in [4.78, 5) is 54.5. The lowest BCUT2D eigenvalue weighted by atomic mass is 9.95. The number of aliphatic carboxylic acids is 1. The van der Waals surface area contributed by atoms with Gasteiger partial charge in [-0.15, -0.1) is 0 Å². The topological polar surface area (TPSA) is 215 Å². The summed E-state index contributed by atoms with van der Waals surface area (Å²) < 4.78 is 0. The molecule has 0 aromatic rings. The van der Waals surface area contributed by atoms with E-state index in [1.165, 1.54) is 0 Å². The van der Waals surface area contributed by atoms with Crippen molar-refractivity contribution in [3.05, 3.63) is 0 Å². The highest BCUT2D eigenvalue weighted by atomic mass is 16.4. The second kappa shape index (κ2) is 16.7. The minimum Gasteiger partial charge on any atom is -0.480 e. The van der Waals surface area contributed by atoms with E-state index in [0.717, 1.165) is 0 Å². The highest BCUT2D eigenvalue weighted by Crippen LogP contribution is 2.12. The van der Waals surface area contributed by atoms with Gasteiger partial charge in [0.15, 0.2) is 5.96 Å². The summed E-state index contributed by atoms with van der Waals surface area (Å²) in [5.74, 6) is -3.17. The zero-order valence-electron chi connectivity index (χ0n) is 22.5. The Labute approximate surface area is 214 Å². The molecule has 0 aliphatic carbocycles. The normalized spacial score (nSPS) is 16.1. The maximum Gasteiger partial charge on any atom is 0.326 e. The molecule has 0 bridgehead atoms. The maximum absolute atomic E-state index is 13.3. The molecular formula is C24H47N7O5. The number of amides is 3. The smallest absolute Gasteiger partial charge is 0.326 e. The van der Waals surface area contributed by atoms with E-state index >= 15 is 0 Å². The van der Waals surface area contributed by atoms with Crippen LogP contribution in [0.25, 0.3) is 0 Å². The van der Waals surface area contributed by atoms with Crippen molar-refractivity contribution in [3.63, 3.8) is 0 Å². The van der Waals surface area contributed by atoms with Gasteiger partial charge in [-0.2, -0.15) is 0 Å². The van der Waals surface area contributed by atoms with Gasteiger partial charge in [-0.1, -0.05) is 54.4 Å². The number of carboxylic acid groups (broad SMARTS) is 1. The van der Waals surface area contributed by atoms with Gasteiger partial charge in [0.05, 0.1) is 6.04 Å². The van der Waals surface area contributed by atoms with Crippen LogP contribution in [-0.4, -0.2) is 65.5 Å². The minimum absolute atomic E-state index is 0.0287. The molecule has 0 aromatic carbocycles. The van der Waals surface area contributed by atoms with Crippen molar-refractivity contribution in [1.82, 2.24) is 16.0 Å². The first-order chi connectivity index (χ1) is 16.7. The van der Waals surface area contributed by atoms with E-state index in [-0.39, 0.29) is 43.1 Å². The van der Waals surface area contributed by atoms with Crippen LogP contribution in [0.2, 0.25) is 0 Å². The maximum atomic E-state index is 13.3. The van der Waals surface area contributed by atoms with Gasteiger partial charge < -0.3 is 38.3 Å². The predicted octanol–water partition coefficient (Wildman–Crippen LogP) is 0.0446. The molecule has 3 amide bonds. The van der Waals surface area contributed by atoms with E-state index in [0.29, 0.717) is 19.3 Å². The lowest BCUT2D eigenvalue weighted by molar-refractivity contribution is -0.143. The van der Waals surface area contributed by atoms with Crippen LogP contribution in [0.4, 0.5) is 0 Å². The van der Waals surface area contributed by atoms with Crippen LogP contribution in [-0.2, 0) is 19.2 Å². The number of guanidine groups is 1. The van der Waals surface area contributed by atoms with Crippen LogP contribution in [0.15, 0.2) is 4.99 Å². The SMILES string of the molecule is CCC(C)C(N)C(=O)NC(C(=O)NC(CCCN=C(N)N)C(=O)NC(CC(C)C)C(=O)O)C(C)CC. The Morgan fingerprint density at radius 1 is 0.833 bits per heavy atom. The lowest BCUT2D eigenvalue weighted by Gasteiger charge is -2.29. The monoisotopic (exact) mass is 513 g/mol. The quantitative estimate of drug-likeness (QED) is 0.0798. The van der Waals surface area contributed by atoms with Crippen LogP contribution in [0, 0.1) is 17.8 Å². The standard InChI is InChI=1S/C24H47N7O5/c1-7-14(5)18(25)21(33)31-19(15(6)8-2)22(34)29-16(10-9-11-28-24(26)27)20(32)30-17(23(35)36)12-13(3)4/h13-19H,7-12,25H2,1-6H3,(H,29,34)(H,30,32)(H,31,33)(H,35,36)(H4,26,27,28). The molecule has 0 aliphatic rings. The van der Waals surface area contributed by atoms with Crippen molar-refractivity contribution in [2.24, 2.45) is 39.9 Å². The first-order valence-electron chi connectivity index (χ1n) is 12.7. The van der Waals surface area contributed by atoms with Gasteiger partial charge in [-0.3, -0.25) is 19.4 Å². The van der Waals surface area contributed by atoms with Gasteiger partial charge in [-0.25, -0.2) is 4.79 Å². The number of nitrogens with zero attached hydrogens (tertiary/aromatic N) is 1. The van der Waals surface area contributed by atoms with Crippen LogP contribution in [0.5, 0.6) is 0 Å². The van der Waals surface area contributed by atoms with Gasteiger partial charge in [-0.05, 0) is 37.0 Å². The molecule has 0 aromatic heterocycles. The second-order valence-electron chi connectivity index (χ2n) is 9.82. The summed E-state index contributed by atoms with van der Waals surface area (Å²) in [5, 5.41) is 17.5. The zero-order chi connectivity index (χ0) is 28.0. The molecule has 0 spiro atoms. The van der Waals surface area contributed by atoms with Crippen LogP contribution < -0.4 is 33.2 Å². The molecule has 208 valence electrons. The molecule has 0 saturated heterocycles. The van der Waals surface area contributed by atoms with Crippen LogP contribution >= 0.6 is 0 Å². The number of carbonyl (C=O) groups excluding carboxylic acids is 3. The molecule has 12 nitrogen and oxygen atoms in total. The minimum atomic E-state index is -1.16. The van der Waals surface area contributed by atoms with Gasteiger partial charge in [0.2, 0.25) is 17.7 Å². The van der Waals surface area contributed by atoms with Gasteiger partial charge in [0.1, 0.15) is 18.1 Å². The predicted molar refractivity (Wildman–Crippen MR) is 140 cm³/mol. The molecule has 6 unspecified atom stereocenters. The van der Waals surface area contributed by atoms with Crippen molar-refractivity contribution in [2.45, 2.75) is 97.8 Å². The van der Waals surface area contributed by atoms with Crippen molar-refractivity contribution in [2.75, 3.05) is 6.54 Å². The fourth-order valence-corrected chi connectivity index (χ4v) is 3.46. The molecule has 0 rings (SSSR count). The van der Waals surface area contributed by atoms with Gasteiger partial charge in [0, 0.05) is 6.54 Å². The molecular weight excluding hydrogens is 466 g/mol. The Kier molecular flexibility index (Phi) is 15.4. The van der Waals surface area contributed by atoms with E-state index in [1.807, 2.05) is 41.5 Å². The Bertz CT molecular complexity index is 755. The molecule has 36 heavy (non-hydrogen) atoms. The highest BCUT2D eigenvalue weighted by Gasteiger charge is 2.33. The summed E-state index contributed by atoms with van der Waals surface area (Å²) in [6.45, 7) is 11.4. The van der Waals surface area contributed by atoms with Gasteiger partial charge >= 0.3 is 5.97 Å². The fraction of sp³-hybridized carbons (Fsp3) is 0.792. The van der Waals surface area contributed by atoms with Crippen molar-refractivity contribution < 1.29 is 24.3 Å². The third kappa shape index (κ3) is 12.2. The largest absolute Gasteiger partial charge is 0.480 e. The average Bonchev–Trinajstić information content (AvgIpc) is 2.81. The Balaban J connectivity index is 5.72. The van der Waals surface area contributed by atoms with Crippen LogP contribution in [0.1, 0.15) is 73.6 Å². The number of rotatable bonds is 17. The third-order valence-electron chi connectivity index (χ3n) is 6.25. The summed E-state index contributed by atoms with van der Waals surface area (Å²) in [6, 6.07) is -3.85. The van der Waals surface area contributed by atoms with E-state index in [1.54, 1.807) is 0 Å². The summed E-state index contributed by atoms with van der Waals surface area (Å²) in [5.41, 5.74) is 16.7. The number of hydrogen-bond donors (Lipinski definition) is 7. The number of hydrogen-bond acceptors (Lipinski definition) is 6. The van der Waals surface area contributed by atoms with Crippen LogP contribution in [0.3, 0.4) is 0 Å². The molecule has 0 heterocycles. The van der Waals surface area contributed by atoms with Crippen molar-refractivity contribution in [1.29, 1.82) is 0 Å². The molecule has 0 aliphatic heterocycles. The number of carboxylic acids is 1. The number of nitrogens with two attached hydrogens (primary N) is 3. The molecule has 12 heteroatoms. The number of carbonyl (C=O) groups is 4. The molecule has 0 radical (unpaired) electrons. The molecule has 10 N–H and O–H groups in total. The summed E-state index contributed by atoms with van der Waals surface area (Å²) in [7, 11) is 0. The van der Waals surface area contributed by atoms with E-state index in [4.69, 9.17) is 17.2 Å². The van der Waals surface area contributed by atoms with E-state index in [9.17, 15) is 24.3 Å². The molecule has 0 saturated carbocycles. The zero-order valence-corrected chi connectivity index (χ0v) is 22.5. The first kappa shape index (κ1) is 33.1. The summed E-state index contributed by atoms with van der Waals surface area (Å²) >= 11 is 0. The average molecular weight is 514 g/mol. The fourth-order valence-electron chi connectivity index (χ4n) is 3.46. The molecule has 6 atom stereocenters. The van der Waals surface area contributed by atoms with Crippen molar-refractivity contribution in [3.8, 4) is 0 Å². The Morgan fingerprint density at radius 2 is 1.39 bits per heavy atom. The second-order valence-corrected chi connectivity index (χ2v) is 9.82. The molecule has 0 fully saturated rings. The third-order valence-corrected chi connectivity index (χ3v) is 6.25. The first-order valence-corrected chi connectivity index (χ1v) is 12.7. The number of nitrogens with one attached hydrogen (secondary N) is 3. The lowest BCUT2D eigenvalue weighted by Crippen LogP contribution is -2.59. The van der Waals surface area contributed by atoms with Crippen molar-refractivity contribution >= 4 is 29.7 Å². The highest BCUT2D eigenvalue weighted by molar-refractivity contribution is 5.94. The Hall–Kier alpha value is -2.89. The van der Waals surface area contributed by atoms with Gasteiger partial charge in [0.25, 0.3) is 0 Å². The van der Waals surface area contributed by atoms with E-state index < -0.39 is 47.9 Å².